The maximum atomic E-state index is 13.6. The van der Waals surface area contributed by atoms with Crippen molar-refractivity contribution in [2.75, 3.05) is 6.54 Å². The predicted molar refractivity (Wildman–Crippen MR) is 102 cm³/mol. The number of nitrogens with one attached hydrogen (secondary N) is 5. The summed E-state index contributed by atoms with van der Waals surface area (Å²) in [5.41, 5.74) is 11.2. The van der Waals surface area contributed by atoms with Gasteiger partial charge in [-0.2, -0.15) is 0 Å². The van der Waals surface area contributed by atoms with Crippen molar-refractivity contribution in [1.29, 1.82) is 0 Å². The molecule has 0 radical (unpaired) electrons. The third-order valence-corrected chi connectivity index (χ3v) is 5.73. The summed E-state index contributed by atoms with van der Waals surface area (Å²) in [5.74, 6) is -2.22. The van der Waals surface area contributed by atoms with E-state index >= 15 is 0 Å². The number of hydrogen-bond acceptors (Lipinski definition) is 6. The molecule has 3 rings (SSSR count). The van der Waals surface area contributed by atoms with E-state index in [9.17, 15) is 22.4 Å². The van der Waals surface area contributed by atoms with E-state index < -0.39 is 45.1 Å². The van der Waals surface area contributed by atoms with Crippen molar-refractivity contribution in [3.8, 4) is 0 Å². The van der Waals surface area contributed by atoms with Gasteiger partial charge in [-0.3, -0.25) is 20.4 Å². The second kappa shape index (κ2) is 9.09. The van der Waals surface area contributed by atoms with Crippen LogP contribution >= 0.6 is 0 Å². The van der Waals surface area contributed by atoms with Crippen molar-refractivity contribution < 1.29 is 22.4 Å². The average molecular weight is 421 g/mol. The van der Waals surface area contributed by atoms with E-state index in [1.54, 1.807) is 0 Å². The van der Waals surface area contributed by atoms with Crippen LogP contribution in [-0.4, -0.2) is 32.8 Å². The van der Waals surface area contributed by atoms with Crippen LogP contribution in [0.4, 0.5) is 4.39 Å². The number of hydrogen-bond donors (Lipinski definition) is 5. The maximum absolute atomic E-state index is 13.6. The Bertz CT molecular complexity index is 987. The van der Waals surface area contributed by atoms with Gasteiger partial charge in [0.25, 0.3) is 11.8 Å². The van der Waals surface area contributed by atoms with Crippen LogP contribution in [0.5, 0.6) is 0 Å². The Morgan fingerprint density at radius 2 is 1.69 bits per heavy atom. The molecule has 0 saturated carbocycles. The highest BCUT2D eigenvalue weighted by atomic mass is 32.2. The summed E-state index contributed by atoms with van der Waals surface area (Å²) >= 11 is 0. The van der Waals surface area contributed by atoms with E-state index in [2.05, 4.69) is 21.7 Å². The molecular weight excluding hydrogens is 401 g/mol. The first-order valence-corrected chi connectivity index (χ1v) is 10.2. The molecule has 0 bridgehead atoms. The molecule has 2 aromatic carbocycles. The van der Waals surface area contributed by atoms with Crippen LogP contribution in [0.25, 0.3) is 0 Å². The first-order chi connectivity index (χ1) is 13.9. The smallest absolute Gasteiger partial charge is 0.256 e. The van der Waals surface area contributed by atoms with Gasteiger partial charge in [0.2, 0.25) is 10.0 Å². The van der Waals surface area contributed by atoms with Crippen molar-refractivity contribution in [2.45, 2.75) is 23.4 Å². The van der Waals surface area contributed by atoms with Gasteiger partial charge in [0.1, 0.15) is 16.8 Å². The molecule has 154 valence electrons. The molecule has 29 heavy (non-hydrogen) atoms. The van der Waals surface area contributed by atoms with E-state index in [4.69, 9.17) is 0 Å². The van der Waals surface area contributed by atoms with Gasteiger partial charge in [-0.05, 0) is 24.1 Å². The summed E-state index contributed by atoms with van der Waals surface area (Å²) in [7, 11) is -4.20. The molecule has 0 spiro atoms. The lowest BCUT2D eigenvalue weighted by Crippen LogP contribution is -2.52. The molecule has 0 aromatic heterocycles. The number of hydrazine groups is 2. The molecule has 1 heterocycles. The van der Waals surface area contributed by atoms with E-state index in [0.717, 1.165) is 17.7 Å². The highest BCUT2D eigenvalue weighted by Crippen LogP contribution is 2.21. The molecule has 9 nitrogen and oxygen atoms in total. The highest BCUT2D eigenvalue weighted by molar-refractivity contribution is 7.89. The zero-order chi connectivity index (χ0) is 20.9. The van der Waals surface area contributed by atoms with Crippen molar-refractivity contribution in [2.24, 2.45) is 0 Å². The van der Waals surface area contributed by atoms with Gasteiger partial charge in [-0.25, -0.2) is 28.4 Å². The van der Waals surface area contributed by atoms with Crippen molar-refractivity contribution >= 4 is 21.8 Å². The van der Waals surface area contributed by atoms with Gasteiger partial charge in [-0.1, -0.05) is 42.5 Å². The van der Waals surface area contributed by atoms with E-state index in [-0.39, 0.29) is 6.04 Å². The number of carbonyl (C=O) groups is 2. The predicted octanol–water partition coefficient (Wildman–Crippen LogP) is -0.141. The Kier molecular flexibility index (Phi) is 6.54. The van der Waals surface area contributed by atoms with Gasteiger partial charge in [0.15, 0.2) is 0 Å². The third kappa shape index (κ3) is 5.35. The number of halogens is 1. The molecular formula is C18H20FN5O4S. The number of benzene rings is 2. The van der Waals surface area contributed by atoms with E-state index in [0.29, 0.717) is 6.42 Å². The van der Waals surface area contributed by atoms with Crippen molar-refractivity contribution in [3.63, 3.8) is 0 Å². The minimum absolute atomic E-state index is 0.0600. The van der Waals surface area contributed by atoms with Crippen LogP contribution < -0.4 is 26.4 Å². The first-order valence-electron chi connectivity index (χ1n) is 8.76. The van der Waals surface area contributed by atoms with Crippen LogP contribution in [0, 0.1) is 5.82 Å². The molecule has 1 aliphatic heterocycles. The summed E-state index contributed by atoms with van der Waals surface area (Å²) in [6.45, 7) is -0.667. The molecule has 2 aromatic rings. The fraction of sp³-hybridized carbons (Fsp3) is 0.222. The lowest BCUT2D eigenvalue weighted by molar-refractivity contribution is -0.129. The maximum Gasteiger partial charge on any atom is 0.256 e. The first kappa shape index (κ1) is 20.9. The Hall–Kier alpha value is -2.86. The van der Waals surface area contributed by atoms with Gasteiger partial charge >= 0.3 is 0 Å². The number of amides is 2. The fourth-order valence-electron chi connectivity index (χ4n) is 2.80. The lowest BCUT2D eigenvalue weighted by atomic mass is 10.0. The zero-order valence-corrected chi connectivity index (χ0v) is 16.0. The summed E-state index contributed by atoms with van der Waals surface area (Å²) in [6.07, 6.45) is 0.464. The van der Waals surface area contributed by atoms with Gasteiger partial charge in [0.05, 0.1) is 6.54 Å². The SMILES string of the molecule is O=C(CNS(=O)(=O)c1ccccc1F)NNC(=O)C1CC(c2ccccc2)NN1. The molecule has 2 amide bonds. The lowest BCUT2D eigenvalue weighted by Gasteiger charge is -2.12. The highest BCUT2D eigenvalue weighted by Gasteiger charge is 2.30. The van der Waals surface area contributed by atoms with Crippen LogP contribution in [0.15, 0.2) is 59.5 Å². The zero-order valence-electron chi connectivity index (χ0n) is 15.2. The molecule has 11 heteroatoms. The molecule has 2 unspecified atom stereocenters. The van der Waals surface area contributed by atoms with E-state index in [1.807, 2.05) is 35.1 Å². The van der Waals surface area contributed by atoms with Crippen molar-refractivity contribution in [3.05, 3.63) is 66.0 Å². The number of carbonyl (C=O) groups excluding carboxylic acids is 2. The third-order valence-electron chi connectivity index (χ3n) is 4.30. The van der Waals surface area contributed by atoms with E-state index in [1.165, 1.54) is 12.1 Å². The van der Waals surface area contributed by atoms with Gasteiger partial charge in [0, 0.05) is 6.04 Å². The molecule has 0 aliphatic carbocycles. The number of sulfonamides is 1. The fourth-order valence-corrected chi connectivity index (χ4v) is 3.85. The Labute approximate surface area is 167 Å². The second-order valence-corrected chi connectivity index (χ2v) is 8.07. The molecule has 5 N–H and O–H groups in total. The Balaban J connectivity index is 1.45. The minimum atomic E-state index is -4.20. The van der Waals surface area contributed by atoms with Crippen LogP contribution in [0.1, 0.15) is 18.0 Å². The molecule has 1 fully saturated rings. The van der Waals surface area contributed by atoms with Gasteiger partial charge in [-0.15, -0.1) is 0 Å². The summed E-state index contributed by atoms with van der Waals surface area (Å²) in [6, 6.07) is 13.7. The van der Waals surface area contributed by atoms with Crippen LogP contribution in [0.3, 0.4) is 0 Å². The molecule has 1 saturated heterocycles. The minimum Gasteiger partial charge on any atom is -0.272 e. The normalized spacial score (nSPS) is 18.9. The molecule has 2 atom stereocenters. The standard InChI is InChI=1S/C18H20FN5O4S/c19-13-8-4-5-9-16(13)29(27,28)20-11-17(25)23-24-18(26)15-10-14(21-22-15)12-6-2-1-3-7-12/h1-9,14-15,20-22H,10-11H2,(H,23,25)(H,24,26). The Morgan fingerprint density at radius 3 is 2.41 bits per heavy atom. The van der Waals surface area contributed by atoms with Crippen LogP contribution in [0.2, 0.25) is 0 Å². The number of rotatable bonds is 6. The summed E-state index contributed by atoms with van der Waals surface area (Å²) < 4.78 is 39.7. The summed E-state index contributed by atoms with van der Waals surface area (Å²) in [5, 5.41) is 0. The largest absolute Gasteiger partial charge is 0.272 e. The van der Waals surface area contributed by atoms with Gasteiger partial charge < -0.3 is 0 Å². The second-order valence-electron chi connectivity index (χ2n) is 6.33. The average Bonchev–Trinajstić information content (AvgIpc) is 3.22. The molecule has 1 aliphatic rings. The summed E-state index contributed by atoms with van der Waals surface area (Å²) in [4.78, 5) is 23.4. The quantitative estimate of drug-likeness (QED) is 0.413. The topological polar surface area (TPSA) is 128 Å². The Morgan fingerprint density at radius 1 is 1.00 bits per heavy atom. The monoisotopic (exact) mass is 421 g/mol. The van der Waals surface area contributed by atoms with Crippen molar-refractivity contribution in [1.82, 2.24) is 26.4 Å². The van der Waals surface area contributed by atoms with Crippen LogP contribution in [-0.2, 0) is 19.6 Å².